The van der Waals surface area contributed by atoms with Crippen LogP contribution in [0.3, 0.4) is 0 Å². The average molecular weight is 397 g/mol. The summed E-state index contributed by atoms with van der Waals surface area (Å²) in [5, 5.41) is 4.02. The molecule has 7 nitrogen and oxygen atoms in total. The zero-order chi connectivity index (χ0) is 20.1. The number of carbonyl (C=O) groups excluding carboxylic acids is 1. The van der Waals surface area contributed by atoms with E-state index in [0.29, 0.717) is 12.1 Å². The first kappa shape index (κ1) is 19.8. The minimum atomic E-state index is -2.46. The van der Waals surface area contributed by atoms with E-state index in [1.807, 2.05) is 48.5 Å². The molecule has 1 aromatic heterocycles. The van der Waals surface area contributed by atoms with E-state index < -0.39 is 23.1 Å². The summed E-state index contributed by atoms with van der Waals surface area (Å²) in [6.07, 6.45) is 3.60. The lowest BCUT2D eigenvalue weighted by atomic mass is 9.90. The number of hydrogen-bond donors (Lipinski definition) is 1. The van der Waals surface area contributed by atoms with Crippen molar-refractivity contribution in [3.8, 4) is 0 Å². The first-order chi connectivity index (χ1) is 13.4. The highest BCUT2D eigenvalue weighted by atomic mass is 32.2. The molecule has 3 aromatic rings. The van der Waals surface area contributed by atoms with Gasteiger partial charge in [-0.05, 0) is 23.1 Å². The van der Waals surface area contributed by atoms with Crippen LogP contribution in [-0.2, 0) is 36.1 Å². The van der Waals surface area contributed by atoms with Crippen molar-refractivity contribution in [2.24, 2.45) is 12.8 Å². The van der Waals surface area contributed by atoms with Crippen LogP contribution in [0.25, 0.3) is 0 Å². The van der Waals surface area contributed by atoms with Gasteiger partial charge in [0.05, 0.1) is 24.3 Å². The van der Waals surface area contributed by atoms with E-state index in [9.17, 15) is 13.6 Å². The van der Waals surface area contributed by atoms with E-state index in [-0.39, 0.29) is 6.54 Å². The summed E-state index contributed by atoms with van der Waals surface area (Å²) >= 11 is -2.46. The van der Waals surface area contributed by atoms with Gasteiger partial charge in [-0.25, -0.2) is 0 Å². The lowest BCUT2D eigenvalue weighted by Gasteiger charge is -2.25. The fraction of sp³-hybridized carbons (Fsp3) is 0.200. The zero-order valence-corrected chi connectivity index (χ0v) is 16.2. The Kier molecular flexibility index (Phi) is 6.23. The number of benzene rings is 2. The maximum absolute atomic E-state index is 12.1. The molecule has 2 N–H and O–H groups in total. The van der Waals surface area contributed by atoms with Crippen molar-refractivity contribution < 1.29 is 13.6 Å². The molecule has 0 saturated carbocycles. The molecule has 0 spiro atoms. The standard InChI is InChI=1S/C20H22N4O3S/c1-23-14-18(12-22-23)24(28(26)27)13-16-8-5-9-17(10-16)19(20(21)25)11-15-6-3-2-4-7-15/h2-10,12,14,19H,11,13H2,1H3,(H2,21,25)(H,26,27)/p-1. The summed E-state index contributed by atoms with van der Waals surface area (Å²) in [5.74, 6) is -0.913. The van der Waals surface area contributed by atoms with E-state index in [1.165, 1.54) is 15.2 Å². The molecule has 2 unspecified atom stereocenters. The number of nitrogens with two attached hydrogens (primary N) is 1. The molecule has 28 heavy (non-hydrogen) atoms. The maximum Gasteiger partial charge on any atom is 0.225 e. The number of anilines is 1. The summed E-state index contributed by atoms with van der Waals surface area (Å²) in [6.45, 7) is 0.131. The molecule has 0 fully saturated rings. The van der Waals surface area contributed by atoms with Gasteiger partial charge in [-0.1, -0.05) is 54.6 Å². The Morgan fingerprint density at radius 2 is 1.93 bits per heavy atom. The predicted molar refractivity (Wildman–Crippen MR) is 107 cm³/mol. The average Bonchev–Trinajstić information content (AvgIpc) is 3.10. The largest absolute Gasteiger partial charge is 0.755 e. The smallest absolute Gasteiger partial charge is 0.225 e. The number of carbonyl (C=O) groups is 1. The van der Waals surface area contributed by atoms with Gasteiger partial charge in [0.2, 0.25) is 5.91 Å². The number of amides is 1. The van der Waals surface area contributed by atoms with Gasteiger partial charge in [0.25, 0.3) is 0 Å². The molecule has 0 radical (unpaired) electrons. The van der Waals surface area contributed by atoms with Gasteiger partial charge in [0, 0.05) is 24.5 Å². The van der Waals surface area contributed by atoms with Crippen LogP contribution < -0.4 is 10.0 Å². The van der Waals surface area contributed by atoms with E-state index in [4.69, 9.17) is 5.73 Å². The molecule has 3 rings (SSSR count). The Morgan fingerprint density at radius 1 is 1.21 bits per heavy atom. The molecular weight excluding hydrogens is 376 g/mol. The first-order valence-electron chi connectivity index (χ1n) is 8.71. The maximum atomic E-state index is 12.1. The molecule has 1 heterocycles. The number of rotatable bonds is 8. The Bertz CT molecular complexity index is 974. The van der Waals surface area contributed by atoms with Gasteiger partial charge in [-0.15, -0.1) is 0 Å². The van der Waals surface area contributed by atoms with Crippen molar-refractivity contribution in [1.29, 1.82) is 0 Å². The Labute approximate surface area is 166 Å². The third-order valence-corrected chi connectivity index (χ3v) is 5.16. The number of aromatic nitrogens is 2. The van der Waals surface area contributed by atoms with Gasteiger partial charge in [0.1, 0.15) is 0 Å². The summed E-state index contributed by atoms with van der Waals surface area (Å²) in [7, 11) is 1.72. The Hall–Kier alpha value is -2.97. The second kappa shape index (κ2) is 8.81. The molecule has 0 bridgehead atoms. The predicted octanol–water partition coefficient (Wildman–Crippen LogP) is 2.03. The zero-order valence-electron chi connectivity index (χ0n) is 15.4. The second-order valence-corrected chi connectivity index (χ2v) is 7.39. The van der Waals surface area contributed by atoms with E-state index in [0.717, 1.165) is 16.7 Å². The number of hydrogen-bond acceptors (Lipinski definition) is 4. The normalized spacial score (nSPS) is 13.1. The van der Waals surface area contributed by atoms with Crippen molar-refractivity contribution >= 4 is 22.9 Å². The fourth-order valence-electron chi connectivity index (χ4n) is 3.07. The number of primary amides is 1. The minimum absolute atomic E-state index is 0.131. The molecule has 0 aliphatic rings. The van der Waals surface area contributed by atoms with Crippen molar-refractivity contribution in [2.75, 3.05) is 4.31 Å². The lowest BCUT2D eigenvalue weighted by molar-refractivity contribution is -0.119. The molecule has 0 aliphatic heterocycles. The molecule has 146 valence electrons. The van der Waals surface area contributed by atoms with Gasteiger partial charge in [-0.3, -0.25) is 18.0 Å². The Balaban J connectivity index is 1.85. The summed E-state index contributed by atoms with van der Waals surface area (Å²) < 4.78 is 26.1. The van der Waals surface area contributed by atoms with Crippen molar-refractivity contribution in [1.82, 2.24) is 9.78 Å². The molecule has 2 aromatic carbocycles. The van der Waals surface area contributed by atoms with Crippen LogP contribution in [0.1, 0.15) is 22.6 Å². The van der Waals surface area contributed by atoms with Crippen molar-refractivity contribution in [3.05, 3.63) is 83.7 Å². The van der Waals surface area contributed by atoms with Crippen molar-refractivity contribution in [2.45, 2.75) is 18.9 Å². The van der Waals surface area contributed by atoms with E-state index in [1.54, 1.807) is 19.3 Å². The van der Waals surface area contributed by atoms with Crippen LogP contribution in [0, 0.1) is 0 Å². The van der Waals surface area contributed by atoms with Gasteiger partial charge in [-0.2, -0.15) is 5.10 Å². The highest BCUT2D eigenvalue weighted by Gasteiger charge is 2.19. The van der Waals surface area contributed by atoms with E-state index in [2.05, 4.69) is 5.10 Å². The molecular formula is C20H21N4O3S-. The summed E-state index contributed by atoms with van der Waals surface area (Å²) in [6, 6.07) is 16.9. The summed E-state index contributed by atoms with van der Waals surface area (Å²) in [4.78, 5) is 12.1. The topological polar surface area (TPSA) is 104 Å². The molecule has 8 heteroatoms. The van der Waals surface area contributed by atoms with Gasteiger partial charge in [0.15, 0.2) is 0 Å². The first-order valence-corrected chi connectivity index (χ1v) is 9.75. The van der Waals surface area contributed by atoms with Crippen LogP contribution in [0.5, 0.6) is 0 Å². The second-order valence-electron chi connectivity index (χ2n) is 6.52. The molecule has 1 amide bonds. The van der Waals surface area contributed by atoms with Crippen LogP contribution in [0.4, 0.5) is 5.69 Å². The quantitative estimate of drug-likeness (QED) is 0.587. The van der Waals surface area contributed by atoms with Gasteiger partial charge < -0.3 is 10.3 Å². The van der Waals surface area contributed by atoms with Crippen molar-refractivity contribution in [3.63, 3.8) is 0 Å². The third kappa shape index (κ3) is 4.85. The molecule has 2 atom stereocenters. The monoisotopic (exact) mass is 397 g/mol. The van der Waals surface area contributed by atoms with Crippen LogP contribution in [0.2, 0.25) is 0 Å². The van der Waals surface area contributed by atoms with Crippen LogP contribution in [-0.4, -0.2) is 24.4 Å². The number of aryl methyl sites for hydroxylation is 1. The summed E-state index contributed by atoms with van der Waals surface area (Å²) in [5.41, 5.74) is 8.64. The SMILES string of the molecule is Cn1cc(N(Cc2cccc(C(Cc3ccccc3)C(N)=O)c2)S(=O)[O-])cn1. The van der Waals surface area contributed by atoms with Crippen LogP contribution in [0.15, 0.2) is 67.0 Å². The Morgan fingerprint density at radius 3 is 2.54 bits per heavy atom. The number of nitrogens with zero attached hydrogens (tertiary/aromatic N) is 3. The van der Waals surface area contributed by atoms with E-state index >= 15 is 0 Å². The molecule has 0 aliphatic carbocycles. The minimum Gasteiger partial charge on any atom is -0.755 e. The van der Waals surface area contributed by atoms with Gasteiger partial charge >= 0.3 is 0 Å². The molecule has 0 saturated heterocycles. The fourth-order valence-corrected chi connectivity index (χ4v) is 3.59. The highest BCUT2D eigenvalue weighted by Crippen LogP contribution is 2.24. The lowest BCUT2D eigenvalue weighted by Crippen LogP contribution is -2.25. The third-order valence-electron chi connectivity index (χ3n) is 4.46. The highest BCUT2D eigenvalue weighted by molar-refractivity contribution is 7.80. The van der Waals surface area contributed by atoms with Crippen LogP contribution >= 0.6 is 0 Å².